The van der Waals surface area contributed by atoms with Crippen LogP contribution in [0.2, 0.25) is 0 Å². The summed E-state index contributed by atoms with van der Waals surface area (Å²) in [5, 5.41) is 11.5. The SMILES string of the molecule is CCNC(C)c1cccc(SCc2cn(C)nn2)c1. The van der Waals surface area contributed by atoms with E-state index in [0.717, 1.165) is 18.0 Å². The number of hydrogen-bond acceptors (Lipinski definition) is 4. The predicted molar refractivity (Wildman–Crippen MR) is 79.1 cm³/mol. The molecule has 1 N–H and O–H groups in total. The lowest BCUT2D eigenvalue weighted by Crippen LogP contribution is -2.17. The molecule has 19 heavy (non-hydrogen) atoms. The fraction of sp³-hybridized carbons (Fsp3) is 0.429. The number of thioether (sulfide) groups is 1. The number of aromatic nitrogens is 3. The molecule has 0 saturated heterocycles. The highest BCUT2D eigenvalue weighted by atomic mass is 32.2. The van der Waals surface area contributed by atoms with Gasteiger partial charge in [0.15, 0.2) is 0 Å². The molecule has 2 rings (SSSR count). The summed E-state index contributed by atoms with van der Waals surface area (Å²) in [5.74, 6) is 0.854. The normalized spacial score (nSPS) is 12.6. The smallest absolute Gasteiger partial charge is 0.0929 e. The lowest BCUT2D eigenvalue weighted by atomic mass is 10.1. The van der Waals surface area contributed by atoms with Crippen molar-refractivity contribution in [3.63, 3.8) is 0 Å². The molecule has 1 unspecified atom stereocenters. The number of hydrogen-bond donors (Lipinski definition) is 1. The van der Waals surface area contributed by atoms with Crippen LogP contribution in [0.5, 0.6) is 0 Å². The maximum absolute atomic E-state index is 4.10. The van der Waals surface area contributed by atoms with Gasteiger partial charge in [0, 0.05) is 29.9 Å². The molecule has 0 spiro atoms. The third kappa shape index (κ3) is 4.08. The van der Waals surface area contributed by atoms with Gasteiger partial charge in [-0.25, -0.2) is 0 Å². The van der Waals surface area contributed by atoms with E-state index in [1.807, 2.05) is 13.2 Å². The highest BCUT2D eigenvalue weighted by Gasteiger charge is 2.05. The van der Waals surface area contributed by atoms with Gasteiger partial charge in [0.1, 0.15) is 0 Å². The Bertz CT molecular complexity index is 524. The van der Waals surface area contributed by atoms with Gasteiger partial charge in [0.05, 0.1) is 5.69 Å². The van der Waals surface area contributed by atoms with Gasteiger partial charge in [-0.2, -0.15) is 0 Å². The number of nitrogens with one attached hydrogen (secondary N) is 1. The molecule has 0 aliphatic carbocycles. The predicted octanol–water partition coefficient (Wildman–Crippen LogP) is 2.78. The molecule has 102 valence electrons. The minimum Gasteiger partial charge on any atom is -0.310 e. The zero-order chi connectivity index (χ0) is 13.7. The van der Waals surface area contributed by atoms with Crippen LogP contribution >= 0.6 is 11.8 Å². The van der Waals surface area contributed by atoms with Crippen molar-refractivity contribution in [1.29, 1.82) is 0 Å². The molecule has 0 aliphatic heterocycles. The average molecular weight is 276 g/mol. The van der Waals surface area contributed by atoms with Crippen LogP contribution in [0.25, 0.3) is 0 Å². The summed E-state index contributed by atoms with van der Waals surface area (Å²) in [4.78, 5) is 1.27. The summed E-state index contributed by atoms with van der Waals surface area (Å²) in [7, 11) is 1.89. The van der Waals surface area contributed by atoms with Crippen molar-refractivity contribution in [2.45, 2.75) is 30.5 Å². The van der Waals surface area contributed by atoms with Crippen LogP contribution in [0.1, 0.15) is 31.1 Å². The van der Waals surface area contributed by atoms with E-state index in [0.29, 0.717) is 6.04 Å². The molecule has 0 amide bonds. The van der Waals surface area contributed by atoms with Crippen LogP contribution in [-0.2, 0) is 12.8 Å². The summed E-state index contributed by atoms with van der Waals surface area (Å²) in [6.07, 6.45) is 1.96. The first-order valence-corrected chi connectivity index (χ1v) is 7.49. The third-order valence-electron chi connectivity index (χ3n) is 2.91. The summed E-state index contributed by atoms with van der Waals surface area (Å²) < 4.78 is 1.74. The largest absolute Gasteiger partial charge is 0.310 e. The second kappa shape index (κ2) is 6.73. The topological polar surface area (TPSA) is 42.7 Å². The summed E-state index contributed by atoms with van der Waals surface area (Å²) in [6, 6.07) is 9.06. The van der Waals surface area contributed by atoms with Crippen molar-refractivity contribution in [1.82, 2.24) is 20.3 Å². The second-order valence-electron chi connectivity index (χ2n) is 4.52. The first kappa shape index (κ1) is 14.1. The molecule has 0 saturated carbocycles. The average Bonchev–Trinajstić information content (AvgIpc) is 2.83. The van der Waals surface area contributed by atoms with Crippen LogP contribution in [0, 0.1) is 0 Å². The first-order valence-electron chi connectivity index (χ1n) is 6.50. The third-order valence-corrected chi connectivity index (χ3v) is 3.93. The Morgan fingerprint density at radius 1 is 1.42 bits per heavy atom. The van der Waals surface area contributed by atoms with E-state index in [4.69, 9.17) is 0 Å². The van der Waals surface area contributed by atoms with Gasteiger partial charge in [-0.15, -0.1) is 16.9 Å². The Hall–Kier alpha value is -1.33. The van der Waals surface area contributed by atoms with Crippen molar-refractivity contribution in [2.24, 2.45) is 7.05 Å². The molecular formula is C14H20N4S. The van der Waals surface area contributed by atoms with E-state index in [1.165, 1.54) is 10.5 Å². The minimum atomic E-state index is 0.391. The number of benzene rings is 1. The Morgan fingerprint density at radius 2 is 2.26 bits per heavy atom. The van der Waals surface area contributed by atoms with E-state index in [1.54, 1.807) is 16.4 Å². The van der Waals surface area contributed by atoms with Crippen LogP contribution in [0.3, 0.4) is 0 Å². The van der Waals surface area contributed by atoms with Crippen molar-refractivity contribution >= 4 is 11.8 Å². The van der Waals surface area contributed by atoms with Gasteiger partial charge >= 0.3 is 0 Å². The molecule has 1 atom stereocenters. The van der Waals surface area contributed by atoms with Gasteiger partial charge in [-0.3, -0.25) is 4.68 Å². The Balaban J connectivity index is 1.98. The van der Waals surface area contributed by atoms with E-state index >= 15 is 0 Å². The Morgan fingerprint density at radius 3 is 2.95 bits per heavy atom. The summed E-state index contributed by atoms with van der Waals surface area (Å²) >= 11 is 1.79. The highest BCUT2D eigenvalue weighted by molar-refractivity contribution is 7.98. The number of nitrogens with zero attached hydrogens (tertiary/aromatic N) is 3. The Kier molecular flexibility index (Phi) is 4.99. The van der Waals surface area contributed by atoms with Crippen LogP contribution in [-0.4, -0.2) is 21.5 Å². The summed E-state index contributed by atoms with van der Waals surface area (Å²) in [5.41, 5.74) is 2.34. The molecule has 5 heteroatoms. The van der Waals surface area contributed by atoms with Crippen LogP contribution in [0.15, 0.2) is 35.4 Å². The monoisotopic (exact) mass is 276 g/mol. The number of aryl methyl sites for hydroxylation is 1. The zero-order valence-electron chi connectivity index (χ0n) is 11.6. The van der Waals surface area contributed by atoms with Crippen LogP contribution in [0.4, 0.5) is 0 Å². The maximum Gasteiger partial charge on any atom is 0.0929 e. The van der Waals surface area contributed by atoms with Crippen molar-refractivity contribution < 1.29 is 0 Å². The molecule has 2 aromatic rings. The van der Waals surface area contributed by atoms with Crippen molar-refractivity contribution in [2.75, 3.05) is 6.54 Å². The van der Waals surface area contributed by atoms with Crippen molar-refractivity contribution in [3.8, 4) is 0 Å². The van der Waals surface area contributed by atoms with Crippen molar-refractivity contribution in [3.05, 3.63) is 41.7 Å². The second-order valence-corrected chi connectivity index (χ2v) is 5.57. The Labute approximate surface area is 118 Å². The lowest BCUT2D eigenvalue weighted by molar-refractivity contribution is 0.597. The molecule has 0 radical (unpaired) electrons. The van der Waals surface area contributed by atoms with E-state index in [9.17, 15) is 0 Å². The first-order chi connectivity index (χ1) is 9.19. The molecule has 0 bridgehead atoms. The maximum atomic E-state index is 4.10. The lowest BCUT2D eigenvalue weighted by Gasteiger charge is -2.13. The standard InChI is InChI=1S/C14H20N4S/c1-4-15-11(2)12-6-5-7-14(8-12)19-10-13-9-18(3)17-16-13/h5-9,11,15H,4,10H2,1-3H3. The molecule has 1 aromatic carbocycles. The van der Waals surface area contributed by atoms with E-state index in [2.05, 4.69) is 53.7 Å². The molecule has 0 fully saturated rings. The van der Waals surface area contributed by atoms with Gasteiger partial charge < -0.3 is 5.32 Å². The molecule has 0 aliphatic rings. The summed E-state index contributed by atoms with van der Waals surface area (Å²) in [6.45, 7) is 5.30. The number of rotatable bonds is 6. The molecule has 1 heterocycles. The fourth-order valence-corrected chi connectivity index (χ4v) is 2.76. The van der Waals surface area contributed by atoms with Gasteiger partial charge in [-0.1, -0.05) is 24.3 Å². The quantitative estimate of drug-likeness (QED) is 0.824. The van der Waals surface area contributed by atoms with Gasteiger partial charge in [0.25, 0.3) is 0 Å². The zero-order valence-corrected chi connectivity index (χ0v) is 12.4. The molecule has 1 aromatic heterocycles. The highest BCUT2D eigenvalue weighted by Crippen LogP contribution is 2.24. The van der Waals surface area contributed by atoms with Gasteiger partial charge in [-0.05, 0) is 31.2 Å². The molecule has 4 nitrogen and oxygen atoms in total. The molecular weight excluding hydrogens is 256 g/mol. The van der Waals surface area contributed by atoms with E-state index in [-0.39, 0.29) is 0 Å². The van der Waals surface area contributed by atoms with Gasteiger partial charge in [0.2, 0.25) is 0 Å². The fourth-order valence-electron chi connectivity index (χ4n) is 1.92. The van der Waals surface area contributed by atoms with E-state index < -0.39 is 0 Å². The van der Waals surface area contributed by atoms with Crippen LogP contribution < -0.4 is 5.32 Å². The minimum absolute atomic E-state index is 0.391.